The molecule has 0 spiro atoms. The molecule has 1 fully saturated rings. The fourth-order valence-electron chi connectivity index (χ4n) is 2.80. The highest BCUT2D eigenvalue weighted by Crippen LogP contribution is 2.15. The Morgan fingerprint density at radius 1 is 1.19 bits per heavy atom. The maximum Gasteiger partial charge on any atom is 0.244 e. The molecule has 7 heteroatoms. The Balaban J connectivity index is 1.41. The summed E-state index contributed by atoms with van der Waals surface area (Å²) >= 11 is 1.53. The molecule has 0 radical (unpaired) electrons. The Labute approximate surface area is 157 Å². The topological polar surface area (TPSA) is 65.5 Å². The molecule has 136 valence electrons. The zero-order valence-electron chi connectivity index (χ0n) is 14.7. The van der Waals surface area contributed by atoms with Crippen molar-refractivity contribution < 1.29 is 9.59 Å². The summed E-state index contributed by atoms with van der Waals surface area (Å²) in [6, 6.07) is 10.2. The monoisotopic (exact) mass is 370 g/mol. The number of piperazine rings is 1. The van der Waals surface area contributed by atoms with Crippen molar-refractivity contribution in [2.75, 3.05) is 37.6 Å². The van der Waals surface area contributed by atoms with E-state index in [-0.39, 0.29) is 18.4 Å². The van der Waals surface area contributed by atoms with Crippen molar-refractivity contribution in [2.45, 2.75) is 6.92 Å². The molecule has 0 unspecified atom stereocenters. The zero-order valence-corrected chi connectivity index (χ0v) is 15.5. The largest absolute Gasteiger partial charge is 0.368 e. The van der Waals surface area contributed by atoms with Crippen molar-refractivity contribution in [3.63, 3.8) is 0 Å². The fraction of sp³-hybridized carbons (Fsp3) is 0.316. The standard InChI is InChI=1S/C19H22N4O2S/c1-15-21-16(14-26-15)7-8-18(24)20-13-19(25)23-11-9-22(10-12-23)17-5-3-2-4-6-17/h2-8,14H,9-13H2,1H3,(H,20,24)/b8-7-. The highest BCUT2D eigenvalue weighted by atomic mass is 32.1. The lowest BCUT2D eigenvalue weighted by molar-refractivity contribution is -0.132. The van der Waals surface area contributed by atoms with Gasteiger partial charge in [0.2, 0.25) is 11.8 Å². The van der Waals surface area contributed by atoms with Gasteiger partial charge in [-0.2, -0.15) is 0 Å². The Morgan fingerprint density at radius 2 is 1.92 bits per heavy atom. The van der Waals surface area contributed by atoms with Gasteiger partial charge in [0.05, 0.1) is 17.2 Å². The maximum absolute atomic E-state index is 12.3. The van der Waals surface area contributed by atoms with Crippen molar-refractivity contribution in [3.8, 4) is 0 Å². The summed E-state index contributed by atoms with van der Waals surface area (Å²) in [7, 11) is 0. The molecule has 1 aliphatic rings. The molecular formula is C19H22N4O2S. The van der Waals surface area contributed by atoms with Crippen LogP contribution in [-0.4, -0.2) is 54.4 Å². The summed E-state index contributed by atoms with van der Waals surface area (Å²) in [5.74, 6) is -0.337. The summed E-state index contributed by atoms with van der Waals surface area (Å²) in [6.45, 7) is 4.86. The third-order valence-corrected chi connectivity index (χ3v) is 5.00. The normalized spacial score (nSPS) is 14.7. The van der Waals surface area contributed by atoms with E-state index < -0.39 is 0 Å². The third-order valence-electron chi connectivity index (χ3n) is 4.21. The Morgan fingerprint density at radius 3 is 2.58 bits per heavy atom. The van der Waals surface area contributed by atoms with E-state index in [4.69, 9.17) is 0 Å². The molecule has 6 nitrogen and oxygen atoms in total. The van der Waals surface area contributed by atoms with Gasteiger partial charge in [0.25, 0.3) is 0 Å². The quantitative estimate of drug-likeness (QED) is 0.817. The molecule has 1 N–H and O–H groups in total. The molecule has 2 aromatic rings. The van der Waals surface area contributed by atoms with Gasteiger partial charge in [-0.3, -0.25) is 9.59 Å². The summed E-state index contributed by atoms with van der Waals surface area (Å²) < 4.78 is 0. The van der Waals surface area contributed by atoms with E-state index in [9.17, 15) is 9.59 Å². The summed E-state index contributed by atoms with van der Waals surface area (Å²) in [5, 5.41) is 5.48. The molecule has 1 aliphatic heterocycles. The van der Waals surface area contributed by atoms with Crippen LogP contribution in [0.25, 0.3) is 6.08 Å². The number of hydrogen-bond acceptors (Lipinski definition) is 5. The van der Waals surface area contributed by atoms with Crippen LogP contribution in [0.15, 0.2) is 41.8 Å². The van der Waals surface area contributed by atoms with Crippen LogP contribution < -0.4 is 10.2 Å². The number of aromatic nitrogens is 1. The molecule has 1 aromatic heterocycles. The molecule has 0 atom stereocenters. The molecule has 1 aromatic carbocycles. The molecular weight excluding hydrogens is 348 g/mol. The Kier molecular flexibility index (Phi) is 6.01. The fourth-order valence-corrected chi connectivity index (χ4v) is 3.38. The van der Waals surface area contributed by atoms with Crippen LogP contribution in [0.2, 0.25) is 0 Å². The lowest BCUT2D eigenvalue weighted by Gasteiger charge is -2.36. The second-order valence-corrected chi connectivity index (χ2v) is 7.11. The molecule has 1 saturated heterocycles. The highest BCUT2D eigenvalue weighted by molar-refractivity contribution is 7.09. The van der Waals surface area contributed by atoms with E-state index in [2.05, 4.69) is 27.3 Å². The van der Waals surface area contributed by atoms with Gasteiger partial charge in [-0.25, -0.2) is 4.98 Å². The minimum atomic E-state index is -0.285. The van der Waals surface area contributed by atoms with E-state index in [1.807, 2.05) is 30.5 Å². The average Bonchev–Trinajstić information content (AvgIpc) is 3.10. The van der Waals surface area contributed by atoms with Gasteiger partial charge >= 0.3 is 0 Å². The van der Waals surface area contributed by atoms with Gasteiger partial charge in [0.15, 0.2) is 0 Å². The van der Waals surface area contributed by atoms with Crippen LogP contribution in [-0.2, 0) is 9.59 Å². The van der Waals surface area contributed by atoms with Gasteiger partial charge in [-0.05, 0) is 25.1 Å². The predicted molar refractivity (Wildman–Crippen MR) is 104 cm³/mol. The molecule has 2 amide bonds. The smallest absolute Gasteiger partial charge is 0.244 e. The average molecular weight is 370 g/mol. The predicted octanol–water partition coefficient (Wildman–Crippen LogP) is 1.93. The first-order valence-electron chi connectivity index (χ1n) is 8.57. The van der Waals surface area contributed by atoms with E-state index in [0.29, 0.717) is 13.1 Å². The number of benzene rings is 1. The Hall–Kier alpha value is -2.67. The first-order valence-corrected chi connectivity index (χ1v) is 9.45. The van der Waals surface area contributed by atoms with Crippen molar-refractivity contribution in [1.29, 1.82) is 0 Å². The number of rotatable bonds is 5. The van der Waals surface area contributed by atoms with Crippen LogP contribution in [0.4, 0.5) is 5.69 Å². The summed E-state index contributed by atoms with van der Waals surface area (Å²) in [4.78, 5) is 32.4. The van der Waals surface area contributed by atoms with Crippen molar-refractivity contribution in [3.05, 3.63) is 52.5 Å². The highest BCUT2D eigenvalue weighted by Gasteiger charge is 2.21. The molecule has 2 heterocycles. The van der Waals surface area contributed by atoms with Gasteiger partial charge in [0.1, 0.15) is 0 Å². The lowest BCUT2D eigenvalue weighted by Crippen LogP contribution is -2.51. The number of amides is 2. The number of nitrogens with zero attached hydrogens (tertiary/aromatic N) is 3. The second-order valence-electron chi connectivity index (χ2n) is 6.05. The van der Waals surface area contributed by atoms with E-state index >= 15 is 0 Å². The minimum absolute atomic E-state index is 0.0185. The molecule has 0 aliphatic carbocycles. The van der Waals surface area contributed by atoms with Gasteiger partial charge in [0, 0.05) is 43.3 Å². The zero-order chi connectivity index (χ0) is 18.4. The summed E-state index contributed by atoms with van der Waals surface area (Å²) in [6.07, 6.45) is 3.07. The number of thiazole rings is 1. The van der Waals surface area contributed by atoms with E-state index in [0.717, 1.165) is 23.8 Å². The number of para-hydroxylation sites is 1. The lowest BCUT2D eigenvalue weighted by atomic mass is 10.2. The number of carbonyl (C=O) groups excluding carboxylic acids is 2. The summed E-state index contributed by atoms with van der Waals surface area (Å²) in [5.41, 5.74) is 1.93. The number of aryl methyl sites for hydroxylation is 1. The van der Waals surface area contributed by atoms with Crippen LogP contribution in [0.5, 0.6) is 0 Å². The number of hydrogen-bond donors (Lipinski definition) is 1. The molecule has 0 saturated carbocycles. The van der Waals surface area contributed by atoms with Crippen molar-refractivity contribution in [2.24, 2.45) is 0 Å². The number of anilines is 1. The Bertz CT molecular complexity index is 780. The van der Waals surface area contributed by atoms with E-state index in [1.54, 1.807) is 11.0 Å². The van der Waals surface area contributed by atoms with Crippen LogP contribution in [0, 0.1) is 6.92 Å². The van der Waals surface area contributed by atoms with Gasteiger partial charge in [-0.15, -0.1) is 11.3 Å². The number of carbonyl (C=O) groups is 2. The molecule has 26 heavy (non-hydrogen) atoms. The van der Waals surface area contributed by atoms with Crippen LogP contribution >= 0.6 is 11.3 Å². The molecule has 3 rings (SSSR count). The first kappa shape index (κ1) is 18.1. The van der Waals surface area contributed by atoms with Crippen LogP contribution in [0.1, 0.15) is 10.7 Å². The van der Waals surface area contributed by atoms with E-state index in [1.165, 1.54) is 23.1 Å². The maximum atomic E-state index is 12.3. The minimum Gasteiger partial charge on any atom is -0.368 e. The third kappa shape index (κ3) is 4.92. The van der Waals surface area contributed by atoms with Crippen LogP contribution in [0.3, 0.4) is 0 Å². The second kappa shape index (κ2) is 8.62. The first-order chi connectivity index (χ1) is 12.6. The molecule has 0 bridgehead atoms. The SMILES string of the molecule is Cc1nc(/C=C\C(=O)NCC(=O)N2CCN(c3ccccc3)CC2)cs1. The van der Waals surface area contributed by atoms with Crippen molar-refractivity contribution in [1.82, 2.24) is 15.2 Å². The van der Waals surface area contributed by atoms with Gasteiger partial charge in [-0.1, -0.05) is 18.2 Å². The number of nitrogens with one attached hydrogen (secondary N) is 1. The van der Waals surface area contributed by atoms with Crippen molar-refractivity contribution >= 4 is 34.9 Å². The van der Waals surface area contributed by atoms with Gasteiger partial charge < -0.3 is 15.1 Å².